The van der Waals surface area contributed by atoms with E-state index in [0.29, 0.717) is 11.3 Å². The van der Waals surface area contributed by atoms with Crippen molar-refractivity contribution in [3.63, 3.8) is 0 Å². The van der Waals surface area contributed by atoms with Crippen LogP contribution in [0.15, 0.2) is 36.4 Å². The molecular weight excluding hydrogens is 306 g/mol. The van der Waals surface area contributed by atoms with E-state index in [9.17, 15) is 9.59 Å². The van der Waals surface area contributed by atoms with Crippen molar-refractivity contribution in [2.24, 2.45) is 5.73 Å². The molecule has 0 aromatic heterocycles. The van der Waals surface area contributed by atoms with E-state index in [1.165, 1.54) is 0 Å². The average Bonchev–Trinajstić information content (AvgIpc) is 2.48. The van der Waals surface area contributed by atoms with Crippen LogP contribution in [-0.2, 0) is 11.2 Å². The maximum Gasteiger partial charge on any atom is 0.344 e. The molecule has 0 amide bonds. The summed E-state index contributed by atoms with van der Waals surface area (Å²) in [6.07, 6.45) is 0.222. The lowest BCUT2D eigenvalue weighted by Gasteiger charge is -2.11. The number of aryl methyl sites for hydroxylation is 3. The number of aliphatic carboxylic acids is 1. The fraction of sp³-hybridized carbons (Fsp3) is 0.263. The van der Waals surface area contributed by atoms with E-state index in [4.69, 9.17) is 15.6 Å². The number of nitrogens with two attached hydrogens (primary N) is 1. The first-order valence-electron chi connectivity index (χ1n) is 7.65. The van der Waals surface area contributed by atoms with Gasteiger partial charge in [0.05, 0.1) is 5.56 Å². The first-order valence-corrected chi connectivity index (χ1v) is 7.65. The zero-order valence-corrected chi connectivity index (χ0v) is 14.0. The van der Waals surface area contributed by atoms with E-state index in [2.05, 4.69) is 0 Å². The maximum absolute atomic E-state index is 12.4. The van der Waals surface area contributed by atoms with Crippen LogP contribution in [0, 0.1) is 20.8 Å². The Kier molecular flexibility index (Phi) is 5.36. The molecule has 126 valence electrons. The maximum atomic E-state index is 12.4. The largest absolute Gasteiger partial charge is 0.480 e. The van der Waals surface area contributed by atoms with Crippen LogP contribution in [0.2, 0.25) is 0 Å². The normalized spacial score (nSPS) is 11.8. The number of carboxylic acid groups (broad SMARTS) is 1. The molecule has 0 saturated heterocycles. The van der Waals surface area contributed by atoms with Crippen LogP contribution >= 0.6 is 0 Å². The van der Waals surface area contributed by atoms with Gasteiger partial charge in [0.25, 0.3) is 0 Å². The summed E-state index contributed by atoms with van der Waals surface area (Å²) < 4.78 is 5.42. The number of benzene rings is 2. The van der Waals surface area contributed by atoms with Crippen molar-refractivity contribution in [2.75, 3.05) is 0 Å². The van der Waals surface area contributed by atoms with Gasteiger partial charge in [0, 0.05) is 0 Å². The first kappa shape index (κ1) is 17.7. The Balaban J connectivity index is 2.11. The molecule has 24 heavy (non-hydrogen) atoms. The quantitative estimate of drug-likeness (QED) is 0.651. The van der Waals surface area contributed by atoms with Crippen molar-refractivity contribution in [3.05, 3.63) is 64.2 Å². The van der Waals surface area contributed by atoms with E-state index in [-0.39, 0.29) is 6.42 Å². The molecule has 1 atom stereocenters. The summed E-state index contributed by atoms with van der Waals surface area (Å²) in [6.45, 7) is 5.75. The highest BCUT2D eigenvalue weighted by atomic mass is 16.5. The summed E-state index contributed by atoms with van der Waals surface area (Å²) in [4.78, 5) is 23.2. The fourth-order valence-electron chi connectivity index (χ4n) is 2.69. The second kappa shape index (κ2) is 7.27. The lowest BCUT2D eigenvalue weighted by atomic mass is 10.00. The topological polar surface area (TPSA) is 89.6 Å². The molecule has 0 fully saturated rings. The molecule has 0 saturated carbocycles. The highest BCUT2D eigenvalue weighted by Crippen LogP contribution is 2.20. The Labute approximate surface area is 141 Å². The van der Waals surface area contributed by atoms with Gasteiger partial charge in [-0.1, -0.05) is 29.8 Å². The van der Waals surface area contributed by atoms with Gasteiger partial charge in [-0.15, -0.1) is 0 Å². The number of carboxylic acids is 1. The number of esters is 1. The molecule has 0 aliphatic rings. The van der Waals surface area contributed by atoms with Crippen molar-refractivity contribution in [2.45, 2.75) is 33.2 Å². The molecule has 0 bridgehead atoms. The Bertz CT molecular complexity index is 742. The van der Waals surface area contributed by atoms with Crippen LogP contribution in [0.3, 0.4) is 0 Å². The molecular formula is C19H21NO4. The molecule has 0 aliphatic heterocycles. The van der Waals surface area contributed by atoms with Crippen LogP contribution in [0.5, 0.6) is 5.75 Å². The fourth-order valence-corrected chi connectivity index (χ4v) is 2.69. The number of rotatable bonds is 5. The summed E-state index contributed by atoms with van der Waals surface area (Å²) in [7, 11) is 0. The molecule has 0 heterocycles. The Morgan fingerprint density at radius 3 is 2.12 bits per heavy atom. The molecule has 5 heteroatoms. The molecule has 0 spiro atoms. The zero-order chi connectivity index (χ0) is 17.9. The van der Waals surface area contributed by atoms with Gasteiger partial charge in [-0.05, 0) is 56.0 Å². The molecule has 2 aromatic rings. The standard InChI is InChI=1S/C19H21NO4/c1-11-8-12(2)17(13(3)9-11)19(23)24-15-6-4-14(5-7-15)10-16(20)18(21)22/h4-9,16H,10,20H2,1-3H3,(H,21,22)/t16-/m0/s1. The second-order valence-electron chi connectivity index (χ2n) is 5.96. The minimum absolute atomic E-state index is 0.222. The van der Waals surface area contributed by atoms with E-state index >= 15 is 0 Å². The molecule has 0 unspecified atom stereocenters. The summed E-state index contributed by atoms with van der Waals surface area (Å²) >= 11 is 0. The number of carbonyl (C=O) groups excluding carboxylic acids is 1. The van der Waals surface area contributed by atoms with Crippen molar-refractivity contribution >= 4 is 11.9 Å². The Morgan fingerprint density at radius 1 is 1.08 bits per heavy atom. The van der Waals surface area contributed by atoms with E-state index in [1.54, 1.807) is 24.3 Å². The lowest BCUT2D eigenvalue weighted by Crippen LogP contribution is -2.32. The number of ether oxygens (including phenoxy) is 1. The van der Waals surface area contributed by atoms with Crippen LogP contribution in [-0.4, -0.2) is 23.1 Å². The monoisotopic (exact) mass is 327 g/mol. The predicted molar refractivity (Wildman–Crippen MR) is 91.4 cm³/mol. The summed E-state index contributed by atoms with van der Waals surface area (Å²) in [5.41, 5.74) is 9.69. The molecule has 2 aromatic carbocycles. The van der Waals surface area contributed by atoms with Gasteiger partial charge in [0.15, 0.2) is 0 Å². The van der Waals surface area contributed by atoms with Crippen LogP contribution in [0.25, 0.3) is 0 Å². The van der Waals surface area contributed by atoms with Gasteiger partial charge in [-0.3, -0.25) is 4.79 Å². The van der Waals surface area contributed by atoms with E-state index < -0.39 is 18.0 Å². The third kappa shape index (κ3) is 4.20. The second-order valence-corrected chi connectivity index (χ2v) is 5.96. The number of hydrogen-bond donors (Lipinski definition) is 2. The molecule has 5 nitrogen and oxygen atoms in total. The van der Waals surface area contributed by atoms with Gasteiger partial charge >= 0.3 is 11.9 Å². The number of carbonyl (C=O) groups is 2. The Hall–Kier alpha value is -2.66. The smallest absolute Gasteiger partial charge is 0.344 e. The van der Waals surface area contributed by atoms with Crippen molar-refractivity contribution in [3.8, 4) is 5.75 Å². The van der Waals surface area contributed by atoms with Crippen LogP contribution in [0.1, 0.15) is 32.6 Å². The van der Waals surface area contributed by atoms with Gasteiger partial charge in [-0.2, -0.15) is 0 Å². The molecule has 2 rings (SSSR count). The minimum Gasteiger partial charge on any atom is -0.480 e. The SMILES string of the molecule is Cc1cc(C)c(C(=O)Oc2ccc(C[C@H](N)C(=O)O)cc2)c(C)c1. The van der Waals surface area contributed by atoms with Gasteiger partial charge in [0.1, 0.15) is 11.8 Å². The van der Waals surface area contributed by atoms with Crippen LogP contribution in [0.4, 0.5) is 0 Å². The van der Waals surface area contributed by atoms with Crippen molar-refractivity contribution in [1.82, 2.24) is 0 Å². The lowest BCUT2D eigenvalue weighted by molar-refractivity contribution is -0.138. The van der Waals surface area contributed by atoms with Gasteiger partial charge in [0.2, 0.25) is 0 Å². The third-order valence-electron chi connectivity index (χ3n) is 3.79. The highest BCUT2D eigenvalue weighted by Gasteiger charge is 2.16. The third-order valence-corrected chi connectivity index (χ3v) is 3.79. The molecule has 3 N–H and O–H groups in total. The minimum atomic E-state index is -1.05. The summed E-state index contributed by atoms with van der Waals surface area (Å²) in [5, 5.41) is 8.82. The highest BCUT2D eigenvalue weighted by molar-refractivity contribution is 5.94. The van der Waals surface area contributed by atoms with Crippen LogP contribution < -0.4 is 10.5 Å². The van der Waals surface area contributed by atoms with Crippen molar-refractivity contribution < 1.29 is 19.4 Å². The average molecular weight is 327 g/mol. The summed E-state index contributed by atoms with van der Waals surface area (Å²) in [6, 6.07) is 9.64. The molecule has 0 aliphatic carbocycles. The van der Waals surface area contributed by atoms with Gasteiger partial charge < -0.3 is 15.6 Å². The van der Waals surface area contributed by atoms with Gasteiger partial charge in [-0.25, -0.2) is 4.79 Å². The molecule has 0 radical (unpaired) electrons. The predicted octanol–water partition coefficient (Wildman–Crippen LogP) is 2.79. The Morgan fingerprint density at radius 2 is 1.62 bits per heavy atom. The zero-order valence-electron chi connectivity index (χ0n) is 14.0. The number of hydrogen-bond acceptors (Lipinski definition) is 4. The van der Waals surface area contributed by atoms with E-state index in [1.807, 2.05) is 32.9 Å². The first-order chi connectivity index (χ1) is 11.3. The summed E-state index contributed by atoms with van der Waals surface area (Å²) in [5.74, 6) is -1.04. The van der Waals surface area contributed by atoms with E-state index in [0.717, 1.165) is 22.3 Å². The van der Waals surface area contributed by atoms with Crippen molar-refractivity contribution in [1.29, 1.82) is 0 Å².